The Morgan fingerprint density at radius 3 is 3.00 bits per heavy atom. The minimum Gasteiger partial charge on any atom is -0.478 e. The zero-order chi connectivity index (χ0) is 13.1. The van der Waals surface area contributed by atoms with Gasteiger partial charge in [-0.1, -0.05) is 6.92 Å². The van der Waals surface area contributed by atoms with Crippen LogP contribution in [0.1, 0.15) is 40.4 Å². The van der Waals surface area contributed by atoms with Crippen molar-refractivity contribution in [3.8, 4) is 0 Å². The molecule has 0 amide bonds. The van der Waals surface area contributed by atoms with Gasteiger partial charge in [0.05, 0.1) is 16.1 Å². The van der Waals surface area contributed by atoms with Crippen molar-refractivity contribution < 1.29 is 15.0 Å². The van der Waals surface area contributed by atoms with E-state index in [1.807, 2.05) is 6.92 Å². The van der Waals surface area contributed by atoms with Gasteiger partial charge in [-0.05, 0) is 23.9 Å². The third-order valence-corrected chi connectivity index (χ3v) is 3.61. The molecule has 2 rings (SSSR count). The Labute approximate surface area is 108 Å². The summed E-state index contributed by atoms with van der Waals surface area (Å²) in [6.07, 6.45) is 1.57. The van der Waals surface area contributed by atoms with Gasteiger partial charge in [-0.2, -0.15) is 5.10 Å². The van der Waals surface area contributed by atoms with Crippen molar-refractivity contribution in [2.24, 2.45) is 0 Å². The molecule has 18 heavy (non-hydrogen) atoms. The fraction of sp³-hybridized carbons (Fsp3) is 0.333. The van der Waals surface area contributed by atoms with E-state index in [1.54, 1.807) is 22.3 Å². The molecule has 0 fully saturated rings. The number of carbonyl (C=O) groups is 1. The van der Waals surface area contributed by atoms with Crippen LogP contribution in [-0.4, -0.2) is 26.0 Å². The third-order valence-electron chi connectivity index (χ3n) is 2.64. The SMILES string of the molecule is CCCn1nccc1C(O)c1sccc1C(=O)O. The Bertz CT molecular complexity index is 547. The quantitative estimate of drug-likeness (QED) is 0.869. The molecule has 2 heterocycles. The van der Waals surface area contributed by atoms with Crippen LogP contribution in [0.15, 0.2) is 23.7 Å². The number of carboxylic acid groups (broad SMARTS) is 1. The van der Waals surface area contributed by atoms with Gasteiger partial charge in [0.1, 0.15) is 6.10 Å². The number of aromatic nitrogens is 2. The minimum absolute atomic E-state index is 0.150. The molecule has 0 aromatic carbocycles. The zero-order valence-electron chi connectivity index (χ0n) is 9.91. The molecule has 0 saturated carbocycles. The molecule has 0 radical (unpaired) electrons. The third kappa shape index (κ3) is 2.30. The fourth-order valence-corrected chi connectivity index (χ4v) is 2.70. The number of hydrogen-bond acceptors (Lipinski definition) is 4. The van der Waals surface area contributed by atoms with Crippen molar-refractivity contribution in [2.45, 2.75) is 26.0 Å². The second kappa shape index (κ2) is 5.32. The maximum absolute atomic E-state index is 11.0. The molecule has 0 spiro atoms. The number of carboxylic acids is 1. The normalized spacial score (nSPS) is 12.6. The molecule has 0 saturated heterocycles. The van der Waals surface area contributed by atoms with Crippen LogP contribution < -0.4 is 0 Å². The summed E-state index contributed by atoms with van der Waals surface area (Å²) in [5, 5.41) is 25.1. The van der Waals surface area contributed by atoms with E-state index in [0.29, 0.717) is 17.1 Å². The van der Waals surface area contributed by atoms with E-state index < -0.39 is 12.1 Å². The molecule has 96 valence electrons. The summed E-state index contributed by atoms with van der Waals surface area (Å²) in [7, 11) is 0. The molecule has 0 aliphatic carbocycles. The van der Waals surface area contributed by atoms with Crippen molar-refractivity contribution in [3.63, 3.8) is 0 Å². The average molecular weight is 266 g/mol. The predicted octanol–water partition coefficient (Wildman–Crippen LogP) is 2.13. The summed E-state index contributed by atoms with van der Waals surface area (Å²) in [6, 6.07) is 3.22. The summed E-state index contributed by atoms with van der Waals surface area (Å²) in [4.78, 5) is 11.5. The maximum Gasteiger partial charge on any atom is 0.336 e. The van der Waals surface area contributed by atoms with Gasteiger partial charge in [0.2, 0.25) is 0 Å². The number of aromatic carboxylic acids is 1. The highest BCUT2D eigenvalue weighted by molar-refractivity contribution is 7.10. The Hall–Kier alpha value is -1.66. The summed E-state index contributed by atoms with van der Waals surface area (Å²) >= 11 is 1.24. The van der Waals surface area contributed by atoms with Crippen LogP contribution in [0.3, 0.4) is 0 Å². The molecule has 1 unspecified atom stereocenters. The molecule has 2 N–H and O–H groups in total. The Balaban J connectivity index is 2.35. The van der Waals surface area contributed by atoms with Crippen molar-refractivity contribution in [3.05, 3.63) is 39.8 Å². The molecule has 5 nitrogen and oxygen atoms in total. The highest BCUT2D eigenvalue weighted by Gasteiger charge is 2.22. The topological polar surface area (TPSA) is 75.3 Å². The summed E-state index contributed by atoms with van der Waals surface area (Å²) < 4.78 is 1.70. The van der Waals surface area contributed by atoms with Gasteiger partial charge in [-0.25, -0.2) is 4.79 Å². The molecule has 2 aromatic heterocycles. The van der Waals surface area contributed by atoms with Crippen molar-refractivity contribution in [2.75, 3.05) is 0 Å². The van der Waals surface area contributed by atoms with Gasteiger partial charge >= 0.3 is 5.97 Å². The van der Waals surface area contributed by atoms with E-state index in [2.05, 4.69) is 5.10 Å². The van der Waals surface area contributed by atoms with E-state index in [4.69, 9.17) is 5.11 Å². The summed E-state index contributed by atoms with van der Waals surface area (Å²) in [6.45, 7) is 2.72. The number of aliphatic hydroxyl groups excluding tert-OH is 1. The van der Waals surface area contributed by atoms with Crippen LogP contribution in [0.4, 0.5) is 0 Å². The first kappa shape index (κ1) is 12.8. The molecule has 1 atom stereocenters. The van der Waals surface area contributed by atoms with Crippen LogP contribution in [0.25, 0.3) is 0 Å². The van der Waals surface area contributed by atoms with E-state index in [0.717, 1.165) is 6.42 Å². The van der Waals surface area contributed by atoms with E-state index >= 15 is 0 Å². The number of aryl methyl sites for hydroxylation is 1. The lowest BCUT2D eigenvalue weighted by atomic mass is 10.1. The maximum atomic E-state index is 11.0. The molecule has 6 heteroatoms. The van der Waals surface area contributed by atoms with E-state index in [1.165, 1.54) is 17.4 Å². The van der Waals surface area contributed by atoms with Gasteiger partial charge < -0.3 is 10.2 Å². The van der Waals surface area contributed by atoms with Crippen LogP contribution in [0, 0.1) is 0 Å². The molecule has 0 aliphatic rings. The largest absolute Gasteiger partial charge is 0.478 e. The summed E-state index contributed by atoms with van der Waals surface area (Å²) in [5.41, 5.74) is 0.776. The van der Waals surface area contributed by atoms with Crippen LogP contribution in [-0.2, 0) is 6.54 Å². The van der Waals surface area contributed by atoms with Crippen molar-refractivity contribution in [1.29, 1.82) is 0 Å². The first-order chi connectivity index (χ1) is 8.65. The van der Waals surface area contributed by atoms with Crippen LogP contribution in [0.5, 0.6) is 0 Å². The van der Waals surface area contributed by atoms with Gasteiger partial charge in [0.25, 0.3) is 0 Å². The van der Waals surface area contributed by atoms with Gasteiger partial charge in [-0.15, -0.1) is 11.3 Å². The molecular weight excluding hydrogens is 252 g/mol. The Morgan fingerprint density at radius 1 is 1.56 bits per heavy atom. The van der Waals surface area contributed by atoms with Gasteiger partial charge in [-0.3, -0.25) is 4.68 Å². The predicted molar refractivity (Wildman–Crippen MR) is 67.9 cm³/mol. The lowest BCUT2D eigenvalue weighted by molar-refractivity contribution is 0.0692. The second-order valence-electron chi connectivity index (χ2n) is 3.89. The molecule has 2 aromatic rings. The minimum atomic E-state index is -1.02. The van der Waals surface area contributed by atoms with Gasteiger partial charge in [0, 0.05) is 12.7 Å². The highest BCUT2D eigenvalue weighted by atomic mass is 32.1. The monoisotopic (exact) mass is 266 g/mol. The molecular formula is C12H14N2O3S. The number of nitrogens with zero attached hydrogens (tertiary/aromatic N) is 2. The Kier molecular flexibility index (Phi) is 3.78. The lowest BCUT2D eigenvalue weighted by Crippen LogP contribution is -2.11. The number of aliphatic hydroxyl groups is 1. The second-order valence-corrected chi connectivity index (χ2v) is 4.83. The lowest BCUT2D eigenvalue weighted by Gasteiger charge is -2.12. The smallest absolute Gasteiger partial charge is 0.336 e. The molecule has 0 aliphatic heterocycles. The zero-order valence-corrected chi connectivity index (χ0v) is 10.7. The number of hydrogen-bond donors (Lipinski definition) is 2. The van der Waals surface area contributed by atoms with E-state index in [9.17, 15) is 9.90 Å². The average Bonchev–Trinajstić information content (AvgIpc) is 2.96. The number of thiophene rings is 1. The van der Waals surface area contributed by atoms with Crippen LogP contribution >= 0.6 is 11.3 Å². The van der Waals surface area contributed by atoms with Gasteiger partial charge in [0.15, 0.2) is 0 Å². The first-order valence-corrected chi connectivity index (χ1v) is 6.53. The Morgan fingerprint density at radius 2 is 2.33 bits per heavy atom. The standard InChI is InChI=1S/C12H14N2O3S/c1-2-6-14-9(3-5-13-14)10(15)11-8(12(16)17)4-7-18-11/h3-5,7,10,15H,2,6H2,1H3,(H,16,17). The van der Waals surface area contributed by atoms with Crippen LogP contribution in [0.2, 0.25) is 0 Å². The summed E-state index contributed by atoms with van der Waals surface area (Å²) in [5.74, 6) is -1.02. The first-order valence-electron chi connectivity index (χ1n) is 5.65. The number of rotatable bonds is 5. The molecule has 0 bridgehead atoms. The highest BCUT2D eigenvalue weighted by Crippen LogP contribution is 2.29. The fourth-order valence-electron chi connectivity index (χ4n) is 1.82. The van der Waals surface area contributed by atoms with Crippen molar-refractivity contribution >= 4 is 17.3 Å². The van der Waals surface area contributed by atoms with Crippen molar-refractivity contribution in [1.82, 2.24) is 9.78 Å². The van der Waals surface area contributed by atoms with E-state index in [-0.39, 0.29) is 5.56 Å².